The molecule has 0 spiro atoms. The van der Waals surface area contributed by atoms with Crippen LogP contribution in [0.25, 0.3) is 5.69 Å². The van der Waals surface area contributed by atoms with Crippen molar-refractivity contribution in [3.8, 4) is 5.69 Å². The van der Waals surface area contributed by atoms with Crippen LogP contribution in [-0.4, -0.2) is 41.2 Å². The topological polar surface area (TPSA) is 181 Å². The fourth-order valence-electron chi connectivity index (χ4n) is 2.86. The number of aromatic nitrogens is 6. The summed E-state index contributed by atoms with van der Waals surface area (Å²) in [6.45, 7) is 3.81. The quantitative estimate of drug-likeness (QED) is 0.211. The molecule has 2 aromatic heterocycles. The van der Waals surface area contributed by atoms with Gasteiger partial charge in [-0.2, -0.15) is 9.78 Å². The van der Waals surface area contributed by atoms with E-state index in [0.29, 0.717) is 11.5 Å². The maximum absolute atomic E-state index is 12.8. The highest BCUT2D eigenvalue weighted by Gasteiger charge is 2.25. The summed E-state index contributed by atoms with van der Waals surface area (Å²) in [5.74, 6) is 9.19. The monoisotopic (exact) mass is 400 g/mol. The molecule has 0 fully saturated rings. The molecule has 2 amide bonds. The lowest BCUT2D eigenvalue weighted by Gasteiger charge is -2.07. The third-order valence-corrected chi connectivity index (χ3v) is 4.26. The molecule has 0 unspecified atom stereocenters. The summed E-state index contributed by atoms with van der Waals surface area (Å²) in [6, 6.07) is 7.38. The van der Waals surface area contributed by atoms with Crippen molar-refractivity contribution >= 4 is 11.8 Å². The van der Waals surface area contributed by atoms with Gasteiger partial charge in [0, 0.05) is 6.54 Å². The summed E-state index contributed by atoms with van der Waals surface area (Å²) in [5, 5.41) is 11.8. The number of hydrogen-bond donors (Lipinski definition) is 4. The van der Waals surface area contributed by atoms with Gasteiger partial charge in [0.1, 0.15) is 5.82 Å². The first-order valence-electron chi connectivity index (χ1n) is 8.56. The average molecular weight is 400 g/mol. The van der Waals surface area contributed by atoms with Crippen LogP contribution in [-0.2, 0) is 13.1 Å². The van der Waals surface area contributed by atoms with Crippen LogP contribution in [0.15, 0.2) is 29.1 Å². The summed E-state index contributed by atoms with van der Waals surface area (Å²) >= 11 is 0. The number of nitrogens with one attached hydrogen (secondary N) is 2. The predicted octanol–water partition coefficient (Wildman–Crippen LogP) is -1.85. The zero-order valence-electron chi connectivity index (χ0n) is 15.8. The first kappa shape index (κ1) is 19.9. The fraction of sp³-hybridized carbons (Fsp3) is 0.250. The molecule has 0 saturated carbocycles. The standard InChI is InChI=1S/C16H20N10O3/c1-9-4-3-5-11(8-9)26-16(29)24(10(2)22-26)6-7-25-13(15(28)20-18)12(21-23-25)14(27)19-17/h3-5,8H,6-7,17-18H2,1-2H3,(H,19,27)(H,20,28). The number of carbonyl (C=O) groups is 2. The van der Waals surface area contributed by atoms with Crippen molar-refractivity contribution in [2.75, 3.05) is 0 Å². The lowest BCUT2D eigenvalue weighted by atomic mass is 10.2. The van der Waals surface area contributed by atoms with Gasteiger partial charge in [0.05, 0.1) is 12.2 Å². The number of hydrazine groups is 2. The Morgan fingerprint density at radius 2 is 1.83 bits per heavy atom. The molecule has 3 rings (SSSR count). The Hall–Kier alpha value is -3.84. The summed E-state index contributed by atoms with van der Waals surface area (Å²) in [6.07, 6.45) is 0. The molecule has 0 bridgehead atoms. The van der Waals surface area contributed by atoms with Crippen LogP contribution in [0.4, 0.5) is 0 Å². The molecule has 29 heavy (non-hydrogen) atoms. The molecule has 0 radical (unpaired) electrons. The molecule has 0 aliphatic rings. The zero-order chi connectivity index (χ0) is 21.1. The molecule has 0 atom stereocenters. The second-order valence-corrected chi connectivity index (χ2v) is 6.19. The fourth-order valence-corrected chi connectivity index (χ4v) is 2.86. The lowest BCUT2D eigenvalue weighted by molar-refractivity contribution is 0.0910. The maximum atomic E-state index is 12.8. The van der Waals surface area contributed by atoms with Crippen LogP contribution < -0.4 is 28.2 Å². The van der Waals surface area contributed by atoms with Crippen LogP contribution in [0.1, 0.15) is 32.4 Å². The Balaban J connectivity index is 1.91. The molecule has 6 N–H and O–H groups in total. The molecule has 0 aliphatic heterocycles. The van der Waals surface area contributed by atoms with Crippen LogP contribution >= 0.6 is 0 Å². The SMILES string of the molecule is Cc1cccc(-n2nc(C)n(CCn3nnc(C(=O)NN)c3C(=O)NN)c2=O)c1. The Morgan fingerprint density at radius 1 is 1.10 bits per heavy atom. The van der Waals surface area contributed by atoms with E-state index in [1.54, 1.807) is 13.0 Å². The number of carbonyl (C=O) groups excluding carboxylic acids is 2. The van der Waals surface area contributed by atoms with Crippen LogP contribution in [0.3, 0.4) is 0 Å². The first-order valence-corrected chi connectivity index (χ1v) is 8.56. The third-order valence-electron chi connectivity index (χ3n) is 4.26. The first-order chi connectivity index (χ1) is 13.9. The smallest absolute Gasteiger partial charge is 0.289 e. The van der Waals surface area contributed by atoms with Gasteiger partial charge in [-0.1, -0.05) is 17.3 Å². The van der Waals surface area contributed by atoms with Gasteiger partial charge < -0.3 is 0 Å². The second kappa shape index (κ2) is 8.04. The van der Waals surface area contributed by atoms with Gasteiger partial charge in [-0.05, 0) is 31.5 Å². The van der Waals surface area contributed by atoms with Crippen molar-refractivity contribution < 1.29 is 9.59 Å². The minimum atomic E-state index is -0.796. The number of amides is 2. The number of rotatable bonds is 6. The van der Waals surface area contributed by atoms with Gasteiger partial charge in [0.25, 0.3) is 11.8 Å². The van der Waals surface area contributed by atoms with E-state index in [0.717, 1.165) is 5.56 Å². The van der Waals surface area contributed by atoms with Gasteiger partial charge in [-0.25, -0.2) is 21.2 Å². The van der Waals surface area contributed by atoms with E-state index in [4.69, 9.17) is 11.7 Å². The molecule has 0 saturated heterocycles. The van der Waals surface area contributed by atoms with Gasteiger partial charge in [0.2, 0.25) is 0 Å². The molecular formula is C16H20N10O3. The Labute approximate surface area is 164 Å². The highest BCUT2D eigenvalue weighted by atomic mass is 16.2. The van der Waals surface area contributed by atoms with Crippen LogP contribution in [0, 0.1) is 13.8 Å². The van der Waals surface area contributed by atoms with Crippen molar-refractivity contribution in [2.45, 2.75) is 26.9 Å². The van der Waals surface area contributed by atoms with E-state index in [9.17, 15) is 14.4 Å². The molecular weight excluding hydrogens is 380 g/mol. The average Bonchev–Trinajstić information content (AvgIpc) is 3.26. The molecule has 13 heteroatoms. The number of nitrogens with zero attached hydrogens (tertiary/aromatic N) is 6. The van der Waals surface area contributed by atoms with Crippen molar-refractivity contribution in [3.05, 3.63) is 57.5 Å². The van der Waals surface area contributed by atoms with E-state index in [1.807, 2.05) is 36.0 Å². The van der Waals surface area contributed by atoms with E-state index in [1.165, 1.54) is 13.9 Å². The van der Waals surface area contributed by atoms with Crippen molar-refractivity contribution in [1.29, 1.82) is 0 Å². The molecule has 0 aliphatic carbocycles. The van der Waals surface area contributed by atoms with E-state index >= 15 is 0 Å². The summed E-state index contributed by atoms with van der Waals surface area (Å²) in [4.78, 5) is 36.7. The Morgan fingerprint density at radius 3 is 2.48 bits per heavy atom. The summed E-state index contributed by atoms with van der Waals surface area (Å²) in [7, 11) is 0. The van der Waals surface area contributed by atoms with E-state index in [-0.39, 0.29) is 30.2 Å². The lowest BCUT2D eigenvalue weighted by Crippen LogP contribution is -2.36. The molecule has 13 nitrogen and oxygen atoms in total. The van der Waals surface area contributed by atoms with Crippen LogP contribution in [0.5, 0.6) is 0 Å². The van der Waals surface area contributed by atoms with Gasteiger partial charge >= 0.3 is 5.69 Å². The van der Waals surface area contributed by atoms with Crippen molar-refractivity contribution in [1.82, 2.24) is 40.2 Å². The third kappa shape index (κ3) is 3.76. The van der Waals surface area contributed by atoms with Gasteiger partial charge in [-0.3, -0.25) is 25.0 Å². The number of aryl methyl sites for hydroxylation is 3. The molecule has 1 aromatic carbocycles. The minimum absolute atomic E-state index is 0.0634. The minimum Gasteiger partial charge on any atom is -0.289 e. The number of benzene rings is 1. The van der Waals surface area contributed by atoms with Gasteiger partial charge in [0.15, 0.2) is 11.4 Å². The van der Waals surface area contributed by atoms with Gasteiger partial charge in [-0.15, -0.1) is 5.10 Å². The highest BCUT2D eigenvalue weighted by molar-refractivity contribution is 6.04. The molecule has 3 aromatic rings. The normalized spacial score (nSPS) is 10.8. The Bertz CT molecular complexity index is 1130. The van der Waals surface area contributed by atoms with Crippen molar-refractivity contribution in [2.24, 2.45) is 11.7 Å². The van der Waals surface area contributed by atoms with E-state index < -0.39 is 11.8 Å². The zero-order valence-corrected chi connectivity index (χ0v) is 15.8. The van der Waals surface area contributed by atoms with Crippen molar-refractivity contribution in [3.63, 3.8) is 0 Å². The number of hydrogen-bond acceptors (Lipinski definition) is 8. The molecule has 2 heterocycles. The van der Waals surface area contributed by atoms with Crippen LogP contribution in [0.2, 0.25) is 0 Å². The number of nitrogen functional groups attached to an aromatic ring is 2. The summed E-state index contributed by atoms with van der Waals surface area (Å²) in [5.41, 5.74) is 4.65. The predicted molar refractivity (Wildman–Crippen MR) is 101 cm³/mol. The van der Waals surface area contributed by atoms with E-state index in [2.05, 4.69) is 15.4 Å². The Kier molecular flexibility index (Phi) is 5.52. The number of nitrogens with two attached hydrogens (primary N) is 2. The maximum Gasteiger partial charge on any atom is 0.350 e. The summed E-state index contributed by atoms with van der Waals surface area (Å²) < 4.78 is 3.89. The largest absolute Gasteiger partial charge is 0.350 e. The second-order valence-electron chi connectivity index (χ2n) is 6.19. The molecule has 152 valence electrons. The highest BCUT2D eigenvalue weighted by Crippen LogP contribution is 2.09.